The van der Waals surface area contributed by atoms with Gasteiger partial charge in [0.15, 0.2) is 9.84 Å². The molecule has 2 aliphatic heterocycles. The lowest BCUT2D eigenvalue weighted by atomic mass is 10.1. The summed E-state index contributed by atoms with van der Waals surface area (Å²) < 4.78 is 43.8. The summed E-state index contributed by atoms with van der Waals surface area (Å²) in [7, 11) is -1.38. The highest BCUT2D eigenvalue weighted by atomic mass is 32.2. The summed E-state index contributed by atoms with van der Waals surface area (Å²) in [5, 5.41) is 0.465. The fourth-order valence-corrected chi connectivity index (χ4v) is 7.07. The highest BCUT2D eigenvalue weighted by Gasteiger charge is 2.35. The maximum absolute atomic E-state index is 14.3. The van der Waals surface area contributed by atoms with Gasteiger partial charge in [0, 0.05) is 55.0 Å². The first-order valence-electron chi connectivity index (χ1n) is 9.32. The van der Waals surface area contributed by atoms with Crippen molar-refractivity contribution in [2.45, 2.75) is 19.1 Å². The number of methoxy groups -OCH3 is 1. The zero-order valence-electron chi connectivity index (χ0n) is 15.7. The highest BCUT2D eigenvalue weighted by molar-refractivity contribution is 7.91. The molecule has 0 saturated carbocycles. The van der Waals surface area contributed by atoms with Crippen molar-refractivity contribution in [1.82, 2.24) is 9.80 Å². The minimum atomic E-state index is -2.92. The summed E-state index contributed by atoms with van der Waals surface area (Å²) in [5.74, 6) is 0.0254. The minimum absolute atomic E-state index is 0.0599. The van der Waals surface area contributed by atoms with Gasteiger partial charge in [-0.3, -0.25) is 9.69 Å². The maximum Gasteiger partial charge on any atom is 0.264 e. The molecule has 1 atom stereocenters. The Bertz CT molecular complexity index is 997. The van der Waals surface area contributed by atoms with Crippen LogP contribution in [-0.4, -0.2) is 75.0 Å². The standard InChI is InChI=1S/C19H23FN2O4S2/c1-26-11-14-17-15(20)3-2-4-16(17)27-18(14)19(23)22-8-6-21(7-9-22)13-5-10-28(24,25)12-13/h2-4,13H,5-12H2,1H3. The number of thiophene rings is 1. The number of rotatable bonds is 4. The molecule has 2 fully saturated rings. The van der Waals surface area contributed by atoms with E-state index in [1.54, 1.807) is 11.0 Å². The third-order valence-corrected chi connectivity index (χ3v) is 8.51. The van der Waals surface area contributed by atoms with Gasteiger partial charge in [0.2, 0.25) is 0 Å². The number of carbonyl (C=O) groups is 1. The zero-order valence-corrected chi connectivity index (χ0v) is 17.3. The van der Waals surface area contributed by atoms with Gasteiger partial charge in [-0.1, -0.05) is 6.07 Å². The average molecular weight is 427 g/mol. The Morgan fingerprint density at radius 2 is 2.04 bits per heavy atom. The first kappa shape index (κ1) is 19.8. The molecule has 1 aromatic carbocycles. The summed E-state index contributed by atoms with van der Waals surface area (Å²) in [6.45, 7) is 2.58. The van der Waals surface area contributed by atoms with E-state index in [2.05, 4.69) is 4.90 Å². The summed E-state index contributed by atoms with van der Waals surface area (Å²) >= 11 is 1.30. The van der Waals surface area contributed by atoms with Crippen molar-refractivity contribution in [2.75, 3.05) is 44.8 Å². The van der Waals surface area contributed by atoms with E-state index in [9.17, 15) is 17.6 Å². The maximum atomic E-state index is 14.3. The van der Waals surface area contributed by atoms with E-state index < -0.39 is 9.84 Å². The second kappa shape index (κ2) is 7.70. The number of amides is 1. The van der Waals surface area contributed by atoms with Crippen molar-refractivity contribution in [1.29, 1.82) is 0 Å². The van der Waals surface area contributed by atoms with E-state index in [1.165, 1.54) is 24.5 Å². The second-order valence-corrected chi connectivity index (χ2v) is 10.6. The molecule has 3 heterocycles. The van der Waals surface area contributed by atoms with E-state index in [1.807, 2.05) is 6.07 Å². The Labute approximate surface area is 167 Å². The van der Waals surface area contributed by atoms with Gasteiger partial charge in [-0.2, -0.15) is 0 Å². The van der Waals surface area contributed by atoms with Crippen LogP contribution in [0.2, 0.25) is 0 Å². The van der Waals surface area contributed by atoms with Gasteiger partial charge in [-0.15, -0.1) is 11.3 Å². The summed E-state index contributed by atoms with van der Waals surface area (Å²) in [4.78, 5) is 17.6. The number of piperazine rings is 1. The number of hydrogen-bond acceptors (Lipinski definition) is 6. The monoisotopic (exact) mass is 426 g/mol. The van der Waals surface area contributed by atoms with Crippen LogP contribution in [-0.2, 0) is 21.2 Å². The number of ether oxygens (including phenoxy) is 1. The van der Waals surface area contributed by atoms with E-state index >= 15 is 0 Å². The van der Waals surface area contributed by atoms with Crippen molar-refractivity contribution >= 4 is 37.2 Å². The number of fused-ring (bicyclic) bond motifs is 1. The number of carbonyl (C=O) groups excluding carboxylic acids is 1. The third-order valence-electron chi connectivity index (χ3n) is 5.57. The van der Waals surface area contributed by atoms with Crippen LogP contribution in [0, 0.1) is 5.82 Å². The fourth-order valence-electron chi connectivity index (χ4n) is 4.12. The fraction of sp³-hybridized carbons (Fsp3) is 0.526. The predicted octanol–water partition coefficient (Wildman–Crippen LogP) is 2.13. The molecule has 152 valence electrons. The molecule has 0 bridgehead atoms. The van der Waals surface area contributed by atoms with Gasteiger partial charge in [-0.05, 0) is 18.6 Å². The van der Waals surface area contributed by atoms with Crippen LogP contribution in [0.3, 0.4) is 0 Å². The van der Waals surface area contributed by atoms with Gasteiger partial charge >= 0.3 is 0 Å². The number of nitrogens with zero attached hydrogens (tertiary/aromatic N) is 2. The molecule has 2 aliphatic rings. The summed E-state index contributed by atoms with van der Waals surface area (Å²) in [6.07, 6.45) is 0.670. The number of sulfone groups is 1. The molecule has 1 aromatic heterocycles. The average Bonchev–Trinajstić information content (AvgIpc) is 3.23. The molecule has 1 amide bonds. The summed E-state index contributed by atoms with van der Waals surface area (Å²) in [6, 6.07) is 4.92. The van der Waals surface area contributed by atoms with Crippen LogP contribution in [0.4, 0.5) is 4.39 Å². The lowest BCUT2D eigenvalue weighted by molar-refractivity contribution is 0.0589. The number of benzene rings is 1. The van der Waals surface area contributed by atoms with Gasteiger partial charge in [0.1, 0.15) is 5.82 Å². The molecule has 0 N–H and O–H groups in total. The molecule has 9 heteroatoms. The Morgan fingerprint density at radius 1 is 1.29 bits per heavy atom. The Morgan fingerprint density at radius 3 is 2.68 bits per heavy atom. The molecule has 0 radical (unpaired) electrons. The van der Waals surface area contributed by atoms with Crippen LogP contribution < -0.4 is 0 Å². The van der Waals surface area contributed by atoms with Crippen LogP contribution in [0.15, 0.2) is 18.2 Å². The lowest BCUT2D eigenvalue weighted by Gasteiger charge is -2.37. The van der Waals surface area contributed by atoms with E-state index in [0.29, 0.717) is 48.4 Å². The van der Waals surface area contributed by atoms with Crippen molar-refractivity contribution < 1.29 is 22.3 Å². The smallest absolute Gasteiger partial charge is 0.264 e. The van der Waals surface area contributed by atoms with Crippen LogP contribution >= 0.6 is 11.3 Å². The van der Waals surface area contributed by atoms with E-state index in [-0.39, 0.29) is 35.9 Å². The summed E-state index contributed by atoms with van der Waals surface area (Å²) in [5.41, 5.74) is 0.606. The molecular formula is C19H23FN2O4S2. The Balaban J connectivity index is 1.51. The zero-order chi connectivity index (χ0) is 19.9. The second-order valence-electron chi connectivity index (χ2n) is 7.34. The first-order valence-corrected chi connectivity index (χ1v) is 12.0. The molecule has 1 unspecified atom stereocenters. The van der Waals surface area contributed by atoms with E-state index in [0.717, 1.165) is 4.70 Å². The van der Waals surface area contributed by atoms with Crippen molar-refractivity contribution in [3.8, 4) is 0 Å². The number of halogens is 1. The van der Waals surface area contributed by atoms with Gasteiger partial charge in [0.05, 0.1) is 23.0 Å². The molecule has 0 spiro atoms. The first-order chi connectivity index (χ1) is 13.4. The molecular weight excluding hydrogens is 403 g/mol. The molecule has 0 aliphatic carbocycles. The van der Waals surface area contributed by atoms with Crippen molar-refractivity contribution in [2.24, 2.45) is 0 Å². The van der Waals surface area contributed by atoms with Gasteiger partial charge < -0.3 is 9.64 Å². The topological polar surface area (TPSA) is 66.9 Å². The van der Waals surface area contributed by atoms with Gasteiger partial charge in [-0.25, -0.2) is 12.8 Å². The molecule has 28 heavy (non-hydrogen) atoms. The van der Waals surface area contributed by atoms with Crippen molar-refractivity contribution in [3.63, 3.8) is 0 Å². The number of hydrogen-bond donors (Lipinski definition) is 0. The molecule has 2 saturated heterocycles. The van der Waals surface area contributed by atoms with E-state index in [4.69, 9.17) is 4.74 Å². The van der Waals surface area contributed by atoms with Crippen LogP contribution in [0.25, 0.3) is 10.1 Å². The quantitative estimate of drug-likeness (QED) is 0.749. The van der Waals surface area contributed by atoms with Gasteiger partial charge in [0.25, 0.3) is 5.91 Å². The SMILES string of the molecule is COCc1c(C(=O)N2CCN(C3CCS(=O)(=O)C3)CC2)sc2cccc(F)c12. The normalized spacial score (nSPS) is 22.8. The highest BCUT2D eigenvalue weighted by Crippen LogP contribution is 2.35. The Hall–Kier alpha value is -1.55. The molecule has 2 aromatic rings. The predicted molar refractivity (Wildman–Crippen MR) is 107 cm³/mol. The minimum Gasteiger partial charge on any atom is -0.380 e. The van der Waals surface area contributed by atoms with Crippen molar-refractivity contribution in [3.05, 3.63) is 34.5 Å². The molecule has 4 rings (SSSR count). The largest absolute Gasteiger partial charge is 0.380 e. The van der Waals surface area contributed by atoms with Crippen LogP contribution in [0.5, 0.6) is 0 Å². The molecule has 6 nitrogen and oxygen atoms in total. The third kappa shape index (κ3) is 3.68. The lowest BCUT2D eigenvalue weighted by Crippen LogP contribution is -2.52. The van der Waals surface area contributed by atoms with Crippen LogP contribution in [0.1, 0.15) is 21.7 Å². The Kier molecular flexibility index (Phi) is 5.43.